The normalized spacial score (nSPS) is 17.0. The van der Waals surface area contributed by atoms with E-state index >= 15 is 0 Å². The van der Waals surface area contributed by atoms with Crippen molar-refractivity contribution in [3.8, 4) is 0 Å². The van der Waals surface area contributed by atoms with Crippen LogP contribution < -0.4 is 5.32 Å². The van der Waals surface area contributed by atoms with Gasteiger partial charge in [0.25, 0.3) is 0 Å². The van der Waals surface area contributed by atoms with Crippen molar-refractivity contribution in [1.29, 1.82) is 0 Å². The summed E-state index contributed by atoms with van der Waals surface area (Å²) < 4.78 is 0. The van der Waals surface area contributed by atoms with Crippen molar-refractivity contribution in [2.45, 2.75) is 25.8 Å². The molecule has 0 unspecified atom stereocenters. The second-order valence-corrected chi connectivity index (χ2v) is 5.38. The number of carbonyl (C=O) groups is 1. The predicted octanol–water partition coefficient (Wildman–Crippen LogP) is 1.09. The van der Waals surface area contributed by atoms with Gasteiger partial charge in [-0.1, -0.05) is 0 Å². The molecule has 17 heavy (non-hydrogen) atoms. The molecule has 1 aromatic rings. The fourth-order valence-electron chi connectivity index (χ4n) is 1.87. The average Bonchev–Trinajstić information content (AvgIpc) is 2.88. The summed E-state index contributed by atoms with van der Waals surface area (Å²) in [4.78, 5) is 14.6. The molecule has 1 aliphatic rings. The Kier molecular flexibility index (Phi) is 3.76. The van der Waals surface area contributed by atoms with Gasteiger partial charge in [0.05, 0.1) is 5.69 Å². The van der Waals surface area contributed by atoms with E-state index in [1.165, 1.54) is 0 Å². The molecule has 1 heterocycles. The molecule has 0 aromatic carbocycles. The second-order valence-electron chi connectivity index (χ2n) is 4.53. The van der Waals surface area contributed by atoms with Gasteiger partial charge >= 0.3 is 5.97 Å². The molecule has 5 nitrogen and oxygen atoms in total. The molecule has 1 fully saturated rings. The van der Waals surface area contributed by atoms with Crippen molar-refractivity contribution in [2.24, 2.45) is 5.41 Å². The minimum absolute atomic E-state index is 0.137. The summed E-state index contributed by atoms with van der Waals surface area (Å²) >= 11 is 1.15. The number of carboxylic acids is 1. The first kappa shape index (κ1) is 12.5. The Labute approximate surface area is 104 Å². The number of carboxylic acid groups (broad SMARTS) is 1. The van der Waals surface area contributed by atoms with E-state index in [2.05, 4.69) is 10.3 Å². The number of thiazole rings is 1. The zero-order chi connectivity index (χ0) is 12.3. The Morgan fingerprint density at radius 1 is 1.59 bits per heavy atom. The first-order valence-electron chi connectivity index (χ1n) is 5.64. The molecule has 0 amide bonds. The fourth-order valence-corrected chi connectivity index (χ4v) is 2.53. The molecule has 0 atom stereocenters. The highest BCUT2D eigenvalue weighted by Gasteiger charge is 2.41. The summed E-state index contributed by atoms with van der Waals surface area (Å²) in [5, 5.41) is 22.8. The summed E-state index contributed by atoms with van der Waals surface area (Å²) in [7, 11) is 0. The van der Waals surface area contributed by atoms with Gasteiger partial charge in [0.2, 0.25) is 5.01 Å². The van der Waals surface area contributed by atoms with E-state index in [1.807, 2.05) is 0 Å². The molecular formula is C11H16N2O3S. The lowest BCUT2D eigenvalue weighted by atomic mass is 10.0. The first-order chi connectivity index (χ1) is 8.15. The van der Waals surface area contributed by atoms with E-state index in [-0.39, 0.29) is 17.0 Å². The molecule has 1 saturated carbocycles. The molecule has 94 valence electrons. The van der Waals surface area contributed by atoms with E-state index in [0.717, 1.165) is 42.8 Å². The molecule has 0 saturated heterocycles. The number of nitrogens with one attached hydrogen (secondary N) is 1. The van der Waals surface area contributed by atoms with Gasteiger partial charge in [-0.3, -0.25) is 0 Å². The zero-order valence-corrected chi connectivity index (χ0v) is 10.3. The van der Waals surface area contributed by atoms with Crippen LogP contribution in [0.3, 0.4) is 0 Å². The van der Waals surface area contributed by atoms with Crippen molar-refractivity contribution in [3.63, 3.8) is 0 Å². The molecular weight excluding hydrogens is 240 g/mol. The summed E-state index contributed by atoms with van der Waals surface area (Å²) in [6.07, 6.45) is 3.17. The zero-order valence-electron chi connectivity index (χ0n) is 9.48. The minimum Gasteiger partial charge on any atom is -0.476 e. The van der Waals surface area contributed by atoms with Crippen LogP contribution in [0.4, 0.5) is 0 Å². The third-order valence-electron chi connectivity index (χ3n) is 3.14. The molecule has 3 N–H and O–H groups in total. The Morgan fingerprint density at radius 3 is 2.88 bits per heavy atom. The van der Waals surface area contributed by atoms with Crippen LogP contribution in [0.5, 0.6) is 0 Å². The quantitative estimate of drug-likeness (QED) is 0.680. The van der Waals surface area contributed by atoms with Crippen LogP contribution >= 0.6 is 11.3 Å². The van der Waals surface area contributed by atoms with Gasteiger partial charge in [0.1, 0.15) is 0 Å². The highest BCUT2D eigenvalue weighted by molar-refractivity contribution is 7.11. The van der Waals surface area contributed by atoms with E-state index in [4.69, 9.17) is 10.2 Å². The monoisotopic (exact) mass is 256 g/mol. The summed E-state index contributed by atoms with van der Waals surface area (Å²) in [5.41, 5.74) is 1.05. The Bertz CT molecular complexity index is 401. The molecule has 0 radical (unpaired) electrons. The van der Waals surface area contributed by atoms with Crippen molar-refractivity contribution < 1.29 is 15.0 Å². The highest BCUT2D eigenvalue weighted by Crippen LogP contribution is 2.47. The van der Waals surface area contributed by atoms with Gasteiger partial charge < -0.3 is 15.5 Å². The van der Waals surface area contributed by atoms with Crippen molar-refractivity contribution >= 4 is 17.3 Å². The number of hydrogen-bond acceptors (Lipinski definition) is 5. The van der Waals surface area contributed by atoms with Gasteiger partial charge in [0.15, 0.2) is 0 Å². The average molecular weight is 256 g/mol. The van der Waals surface area contributed by atoms with Crippen LogP contribution in [-0.4, -0.2) is 34.3 Å². The van der Waals surface area contributed by atoms with Crippen LogP contribution in [0.15, 0.2) is 5.38 Å². The lowest BCUT2D eigenvalue weighted by molar-refractivity contribution is 0.0696. The summed E-state index contributed by atoms with van der Waals surface area (Å²) in [6, 6.07) is 0. The molecule has 6 heteroatoms. The van der Waals surface area contributed by atoms with Crippen molar-refractivity contribution in [2.75, 3.05) is 13.2 Å². The first-order valence-corrected chi connectivity index (χ1v) is 6.52. The summed E-state index contributed by atoms with van der Waals surface area (Å²) in [6.45, 7) is 1.70. The molecule has 1 aromatic heterocycles. The largest absolute Gasteiger partial charge is 0.476 e. The lowest BCUT2D eigenvalue weighted by Crippen LogP contribution is -2.24. The third kappa shape index (κ3) is 3.24. The Morgan fingerprint density at radius 2 is 2.35 bits per heavy atom. The lowest BCUT2D eigenvalue weighted by Gasteiger charge is -2.13. The Hall–Kier alpha value is -0.980. The number of aliphatic hydroxyl groups is 1. The van der Waals surface area contributed by atoms with Gasteiger partial charge in [-0.05, 0) is 24.7 Å². The highest BCUT2D eigenvalue weighted by atomic mass is 32.1. The molecule has 0 bridgehead atoms. The minimum atomic E-state index is -0.972. The number of hydrogen-bond donors (Lipinski definition) is 3. The standard InChI is InChI=1S/C11H16N2O3S/c14-4-3-11(1-2-11)7-12-5-8-6-17-9(13-8)10(15)16/h6,12,14H,1-5,7H2,(H,15,16). The third-order valence-corrected chi connectivity index (χ3v) is 4.02. The van der Waals surface area contributed by atoms with E-state index in [0.29, 0.717) is 6.54 Å². The van der Waals surface area contributed by atoms with E-state index in [1.54, 1.807) is 5.38 Å². The van der Waals surface area contributed by atoms with Crippen LogP contribution in [0, 0.1) is 5.41 Å². The van der Waals surface area contributed by atoms with E-state index < -0.39 is 5.97 Å². The topological polar surface area (TPSA) is 82.5 Å². The van der Waals surface area contributed by atoms with Crippen molar-refractivity contribution in [1.82, 2.24) is 10.3 Å². The predicted molar refractivity (Wildman–Crippen MR) is 64.1 cm³/mol. The maximum atomic E-state index is 10.6. The van der Waals surface area contributed by atoms with Gasteiger partial charge in [0, 0.05) is 25.1 Å². The molecule has 2 rings (SSSR count). The smallest absolute Gasteiger partial charge is 0.365 e. The number of aliphatic hydroxyl groups excluding tert-OH is 1. The second kappa shape index (κ2) is 5.12. The maximum absolute atomic E-state index is 10.6. The Balaban J connectivity index is 1.76. The maximum Gasteiger partial charge on any atom is 0.365 e. The van der Waals surface area contributed by atoms with Crippen LogP contribution in [0.2, 0.25) is 0 Å². The number of rotatable bonds is 7. The number of aromatic carboxylic acids is 1. The van der Waals surface area contributed by atoms with Crippen LogP contribution in [0.1, 0.15) is 34.8 Å². The SMILES string of the molecule is O=C(O)c1nc(CNCC2(CCO)CC2)cs1. The molecule has 0 spiro atoms. The fraction of sp³-hybridized carbons (Fsp3) is 0.636. The molecule has 1 aliphatic carbocycles. The van der Waals surface area contributed by atoms with Gasteiger partial charge in [-0.15, -0.1) is 11.3 Å². The van der Waals surface area contributed by atoms with Gasteiger partial charge in [-0.2, -0.15) is 0 Å². The van der Waals surface area contributed by atoms with Gasteiger partial charge in [-0.25, -0.2) is 9.78 Å². The van der Waals surface area contributed by atoms with E-state index in [9.17, 15) is 4.79 Å². The molecule has 0 aliphatic heterocycles. The summed E-state index contributed by atoms with van der Waals surface area (Å²) in [5.74, 6) is -0.972. The number of nitrogens with zero attached hydrogens (tertiary/aromatic N) is 1. The van der Waals surface area contributed by atoms with Crippen LogP contribution in [0.25, 0.3) is 0 Å². The van der Waals surface area contributed by atoms with Crippen molar-refractivity contribution in [3.05, 3.63) is 16.1 Å². The van der Waals surface area contributed by atoms with Crippen LogP contribution in [-0.2, 0) is 6.54 Å². The number of aromatic nitrogens is 1.